The average molecular weight is 530 g/mol. The zero-order valence-corrected chi connectivity index (χ0v) is 19.4. The first-order valence-corrected chi connectivity index (χ1v) is 11.3. The maximum Gasteiger partial charge on any atom is 0.247 e. The van der Waals surface area contributed by atoms with Gasteiger partial charge in [0.25, 0.3) is 0 Å². The van der Waals surface area contributed by atoms with E-state index in [9.17, 15) is 15.7 Å². The number of aromatic amines is 1. The number of nitrogens with one attached hydrogen (secondary N) is 1. The molecule has 3 aromatic heterocycles. The lowest BCUT2D eigenvalue weighted by molar-refractivity contribution is -0.129. The summed E-state index contributed by atoms with van der Waals surface area (Å²) in [5.74, 6) is -2.95. The highest BCUT2D eigenvalue weighted by Crippen LogP contribution is 2.44. The Kier molecular flexibility index (Phi) is 4.50. The zero-order chi connectivity index (χ0) is 30.2. The molecule has 2 aliphatic rings. The van der Waals surface area contributed by atoms with Gasteiger partial charge in [0.15, 0.2) is 11.6 Å². The number of amides is 1. The summed E-state index contributed by atoms with van der Waals surface area (Å²) in [7, 11) is 0. The molecule has 1 unspecified atom stereocenters. The maximum atomic E-state index is 15.6. The van der Waals surface area contributed by atoms with E-state index in [2.05, 4.69) is 30.5 Å². The number of halogens is 3. The SMILES string of the molecule is [2H]C1([2H])C[C@@H](c2ncc(-c3ccnc(CO)c3F)[nH]2)N2C(=O)C=C(c3c(-n4cnnn4)ccc(Cl)c3F)C([2H])([2H])C21[2H]. The van der Waals surface area contributed by atoms with E-state index < -0.39 is 71.5 Å². The topological polar surface area (TPSA) is 126 Å². The fourth-order valence-corrected chi connectivity index (χ4v) is 4.47. The van der Waals surface area contributed by atoms with E-state index >= 15 is 4.39 Å². The number of hydrogen-bond donors (Lipinski definition) is 2. The van der Waals surface area contributed by atoms with Crippen LogP contribution in [0, 0.1) is 11.6 Å². The Labute approximate surface area is 220 Å². The number of carbonyl (C=O) groups is 1. The Hall–Kier alpha value is -4.03. The van der Waals surface area contributed by atoms with Gasteiger partial charge >= 0.3 is 0 Å². The number of pyridine rings is 1. The number of carbonyl (C=O) groups excluding carboxylic acids is 1. The molecule has 0 bridgehead atoms. The fourth-order valence-electron chi connectivity index (χ4n) is 4.31. The second kappa shape index (κ2) is 9.12. The first-order chi connectivity index (χ1) is 19.8. The first-order valence-electron chi connectivity index (χ1n) is 13.4. The molecule has 2 aliphatic heterocycles. The molecule has 37 heavy (non-hydrogen) atoms. The van der Waals surface area contributed by atoms with Crippen molar-refractivity contribution in [3.05, 3.63) is 76.7 Å². The molecule has 1 amide bonds. The van der Waals surface area contributed by atoms with Crippen molar-refractivity contribution in [2.24, 2.45) is 0 Å². The summed E-state index contributed by atoms with van der Waals surface area (Å²) in [5.41, 5.74) is -1.30. The molecule has 188 valence electrons. The molecule has 5 heterocycles. The van der Waals surface area contributed by atoms with Gasteiger partial charge < -0.3 is 15.0 Å². The summed E-state index contributed by atoms with van der Waals surface area (Å²) in [6.07, 6.45) is -1.85. The van der Waals surface area contributed by atoms with Gasteiger partial charge in [-0.05, 0) is 53.4 Å². The van der Waals surface area contributed by atoms with Crippen LogP contribution in [-0.4, -0.2) is 57.1 Å². The van der Waals surface area contributed by atoms with E-state index in [1.54, 1.807) is 0 Å². The van der Waals surface area contributed by atoms with Gasteiger partial charge in [-0.2, -0.15) is 4.68 Å². The van der Waals surface area contributed by atoms with E-state index in [4.69, 9.17) is 17.1 Å². The standard InChI is InChI=1S/C24H19ClF2N8O2/c25-15-2-4-18(34-11-30-32-33-34)21(23(15)27)12-7-13-1-3-19(35(13)20(37)8-12)24-29-9-16(31-24)14-5-6-28-17(10-36)22(14)26/h2,4-6,8-9,11,13,19,36H,1,3,7,10H2,(H,29,31)/t13?,19-/m0/s1/i1D2,7D2,13D. The molecule has 0 saturated carbocycles. The summed E-state index contributed by atoms with van der Waals surface area (Å²) in [6.45, 7) is -0.654. The van der Waals surface area contributed by atoms with Crippen LogP contribution < -0.4 is 0 Å². The van der Waals surface area contributed by atoms with Crippen LogP contribution in [0.5, 0.6) is 0 Å². The van der Waals surface area contributed by atoms with E-state index in [0.717, 1.165) is 22.0 Å². The van der Waals surface area contributed by atoms with Crippen LogP contribution in [0.3, 0.4) is 0 Å². The molecule has 0 radical (unpaired) electrons. The van der Waals surface area contributed by atoms with Crippen LogP contribution in [-0.2, 0) is 11.4 Å². The molecule has 0 spiro atoms. The van der Waals surface area contributed by atoms with Crippen LogP contribution in [0.15, 0.2) is 43.0 Å². The van der Waals surface area contributed by atoms with Crippen molar-refractivity contribution in [3.63, 3.8) is 0 Å². The number of aromatic nitrogens is 7. The molecule has 1 saturated heterocycles. The zero-order valence-electron chi connectivity index (χ0n) is 23.7. The largest absolute Gasteiger partial charge is 0.390 e. The third kappa shape index (κ3) is 3.89. The number of aliphatic hydroxyl groups excluding tert-OH is 1. The van der Waals surface area contributed by atoms with Crippen molar-refractivity contribution >= 4 is 23.1 Å². The van der Waals surface area contributed by atoms with Gasteiger partial charge in [-0.25, -0.2) is 13.8 Å². The van der Waals surface area contributed by atoms with Gasteiger partial charge in [0, 0.05) is 34.9 Å². The van der Waals surface area contributed by atoms with Crippen molar-refractivity contribution in [2.45, 2.75) is 37.8 Å². The second-order valence-electron chi connectivity index (χ2n) is 8.11. The molecule has 13 heteroatoms. The summed E-state index contributed by atoms with van der Waals surface area (Å²) in [5, 5.41) is 19.7. The van der Waals surface area contributed by atoms with Gasteiger partial charge in [-0.15, -0.1) is 5.10 Å². The number of rotatable bonds is 5. The maximum absolute atomic E-state index is 15.6. The van der Waals surface area contributed by atoms with Crippen molar-refractivity contribution in [1.29, 1.82) is 0 Å². The van der Waals surface area contributed by atoms with Gasteiger partial charge in [0.2, 0.25) is 5.91 Å². The molecule has 1 fully saturated rings. The molecule has 0 aliphatic carbocycles. The minimum absolute atomic E-state index is 0.0000107. The second-order valence-corrected chi connectivity index (χ2v) is 8.51. The quantitative estimate of drug-likeness (QED) is 0.406. The molecule has 2 atom stereocenters. The number of tetrazole rings is 1. The number of H-pyrrole nitrogens is 1. The highest BCUT2D eigenvalue weighted by Gasteiger charge is 2.42. The number of nitrogens with zero attached hydrogens (tertiary/aromatic N) is 7. The van der Waals surface area contributed by atoms with Gasteiger partial charge in [-0.3, -0.25) is 9.78 Å². The highest BCUT2D eigenvalue weighted by molar-refractivity contribution is 6.31. The van der Waals surface area contributed by atoms with Crippen molar-refractivity contribution < 1.29 is 25.5 Å². The third-order valence-corrected chi connectivity index (χ3v) is 6.32. The molecular weight excluding hydrogens is 506 g/mol. The Bertz CT molecular complexity index is 1770. The minimum Gasteiger partial charge on any atom is -0.390 e. The van der Waals surface area contributed by atoms with Crippen molar-refractivity contribution in [1.82, 2.24) is 40.1 Å². The van der Waals surface area contributed by atoms with E-state index in [0.29, 0.717) is 0 Å². The summed E-state index contributed by atoms with van der Waals surface area (Å²) < 4.78 is 76.3. The third-order valence-electron chi connectivity index (χ3n) is 6.02. The predicted molar refractivity (Wildman–Crippen MR) is 127 cm³/mol. The van der Waals surface area contributed by atoms with Gasteiger partial charge in [0.1, 0.15) is 17.8 Å². The van der Waals surface area contributed by atoms with Crippen molar-refractivity contribution in [2.75, 3.05) is 0 Å². The molecule has 6 rings (SSSR count). The van der Waals surface area contributed by atoms with Gasteiger partial charge in [-0.1, -0.05) is 11.6 Å². The lowest BCUT2D eigenvalue weighted by atomic mass is 9.92. The Morgan fingerprint density at radius 1 is 1.27 bits per heavy atom. The summed E-state index contributed by atoms with van der Waals surface area (Å²) in [4.78, 5) is 25.2. The number of hydrogen-bond acceptors (Lipinski definition) is 7. The number of fused-ring (bicyclic) bond motifs is 1. The van der Waals surface area contributed by atoms with E-state index in [-0.39, 0.29) is 28.5 Å². The van der Waals surface area contributed by atoms with Gasteiger partial charge in [0.05, 0.1) is 36.6 Å². The number of aliphatic hydroxyl groups is 1. The van der Waals surface area contributed by atoms with Crippen LogP contribution in [0.2, 0.25) is 5.02 Å². The number of imidazole rings is 1. The molecule has 4 aromatic rings. The Balaban J connectivity index is 1.49. The Morgan fingerprint density at radius 3 is 2.92 bits per heavy atom. The summed E-state index contributed by atoms with van der Waals surface area (Å²) >= 11 is 6.03. The normalized spacial score (nSPS) is 26.0. The molecule has 1 aromatic carbocycles. The highest BCUT2D eigenvalue weighted by atomic mass is 35.5. The van der Waals surface area contributed by atoms with E-state index in [1.165, 1.54) is 30.6 Å². The summed E-state index contributed by atoms with van der Waals surface area (Å²) in [6, 6.07) is -0.377. The smallest absolute Gasteiger partial charge is 0.247 e. The van der Waals surface area contributed by atoms with Crippen LogP contribution in [0.25, 0.3) is 22.5 Å². The van der Waals surface area contributed by atoms with Crippen LogP contribution >= 0.6 is 11.6 Å². The minimum atomic E-state index is -3.02. The lowest BCUT2D eigenvalue weighted by Crippen LogP contribution is -2.39. The lowest BCUT2D eigenvalue weighted by Gasteiger charge is -2.33. The molecular formula is C24H19ClF2N8O2. The predicted octanol–water partition coefficient (Wildman–Crippen LogP) is 3.39. The van der Waals surface area contributed by atoms with Crippen molar-refractivity contribution in [3.8, 4) is 16.9 Å². The van der Waals surface area contributed by atoms with Crippen LogP contribution in [0.4, 0.5) is 8.78 Å². The number of benzene rings is 1. The fraction of sp³-hybridized carbons (Fsp3) is 0.250. The average Bonchev–Trinajstić information content (AvgIpc) is 3.69. The molecule has 10 nitrogen and oxygen atoms in total. The molecule has 2 N–H and O–H groups in total. The van der Waals surface area contributed by atoms with Crippen LogP contribution in [0.1, 0.15) is 49.1 Å². The first kappa shape index (κ1) is 18.3. The Morgan fingerprint density at radius 2 is 2.14 bits per heavy atom. The monoisotopic (exact) mass is 529 g/mol. The van der Waals surface area contributed by atoms with E-state index in [1.807, 2.05) is 0 Å².